The first-order valence-corrected chi connectivity index (χ1v) is 7.64. The number of halogens is 1. The molecule has 0 aromatic heterocycles. The minimum atomic E-state index is 0.368. The van der Waals surface area contributed by atoms with E-state index in [1.54, 1.807) is 6.07 Å². The minimum Gasteiger partial charge on any atom is -0.508 e. The molecule has 3 heteroatoms. The second-order valence-corrected chi connectivity index (χ2v) is 5.74. The van der Waals surface area contributed by atoms with Crippen molar-refractivity contribution in [3.8, 4) is 5.75 Å². The van der Waals surface area contributed by atoms with Crippen LogP contribution in [0.1, 0.15) is 45.1 Å². The van der Waals surface area contributed by atoms with Crippen LogP contribution in [0, 0.1) is 5.92 Å². The first-order chi connectivity index (χ1) is 8.67. The summed E-state index contributed by atoms with van der Waals surface area (Å²) in [5.74, 6) is 1.12. The van der Waals surface area contributed by atoms with E-state index in [9.17, 15) is 5.11 Å². The predicted molar refractivity (Wildman–Crippen MR) is 80.8 cm³/mol. The summed E-state index contributed by atoms with van der Waals surface area (Å²) in [5, 5.41) is 13.2. The largest absolute Gasteiger partial charge is 0.508 e. The zero-order valence-electron chi connectivity index (χ0n) is 11.4. The molecule has 0 aliphatic rings. The fourth-order valence-electron chi connectivity index (χ4n) is 2.05. The van der Waals surface area contributed by atoms with E-state index in [0.29, 0.717) is 5.75 Å². The zero-order chi connectivity index (χ0) is 13.4. The van der Waals surface area contributed by atoms with Gasteiger partial charge in [-0.05, 0) is 37.1 Å². The second-order valence-electron chi connectivity index (χ2n) is 4.82. The van der Waals surface area contributed by atoms with Crippen LogP contribution in [0.5, 0.6) is 5.75 Å². The molecule has 0 saturated carbocycles. The lowest BCUT2D eigenvalue weighted by Crippen LogP contribution is -2.22. The SMILES string of the molecule is CCCCC(CC)CNCc1cc(Br)ccc1O. The minimum absolute atomic E-state index is 0.368. The Morgan fingerprint density at radius 1 is 1.33 bits per heavy atom. The molecule has 0 heterocycles. The molecule has 0 bridgehead atoms. The number of phenols is 1. The Labute approximate surface area is 119 Å². The van der Waals surface area contributed by atoms with Crippen LogP contribution >= 0.6 is 15.9 Å². The van der Waals surface area contributed by atoms with Gasteiger partial charge in [0.25, 0.3) is 0 Å². The number of rotatable bonds is 8. The number of aromatic hydroxyl groups is 1. The molecule has 0 amide bonds. The van der Waals surface area contributed by atoms with Gasteiger partial charge in [-0.15, -0.1) is 0 Å². The lowest BCUT2D eigenvalue weighted by Gasteiger charge is -2.15. The van der Waals surface area contributed by atoms with Crippen LogP contribution in [0.2, 0.25) is 0 Å². The van der Waals surface area contributed by atoms with Crippen LogP contribution in [-0.4, -0.2) is 11.7 Å². The third kappa shape index (κ3) is 5.40. The second kappa shape index (κ2) is 8.54. The van der Waals surface area contributed by atoms with E-state index >= 15 is 0 Å². The molecule has 0 spiro atoms. The van der Waals surface area contributed by atoms with Crippen molar-refractivity contribution in [2.75, 3.05) is 6.54 Å². The molecular weight excluding hydrogens is 290 g/mol. The summed E-state index contributed by atoms with van der Waals surface area (Å²) in [6, 6.07) is 5.56. The average Bonchev–Trinajstić information content (AvgIpc) is 2.37. The highest BCUT2D eigenvalue weighted by molar-refractivity contribution is 9.10. The molecule has 1 atom stereocenters. The van der Waals surface area contributed by atoms with Gasteiger partial charge in [-0.2, -0.15) is 0 Å². The van der Waals surface area contributed by atoms with Crippen LogP contribution in [0.3, 0.4) is 0 Å². The number of benzene rings is 1. The van der Waals surface area contributed by atoms with Crippen molar-refractivity contribution in [1.29, 1.82) is 0 Å². The van der Waals surface area contributed by atoms with E-state index < -0.39 is 0 Å². The molecule has 0 fully saturated rings. The summed E-state index contributed by atoms with van der Waals surface area (Å²) in [6.07, 6.45) is 5.09. The summed E-state index contributed by atoms with van der Waals surface area (Å²) in [4.78, 5) is 0. The first-order valence-electron chi connectivity index (χ1n) is 6.85. The Morgan fingerprint density at radius 2 is 2.11 bits per heavy atom. The molecule has 18 heavy (non-hydrogen) atoms. The summed E-state index contributed by atoms with van der Waals surface area (Å²) in [5.41, 5.74) is 0.953. The molecule has 2 nitrogen and oxygen atoms in total. The lowest BCUT2D eigenvalue weighted by molar-refractivity contribution is 0.414. The van der Waals surface area contributed by atoms with Crippen molar-refractivity contribution in [1.82, 2.24) is 5.32 Å². The van der Waals surface area contributed by atoms with Gasteiger partial charge in [0.05, 0.1) is 0 Å². The maximum absolute atomic E-state index is 9.74. The van der Waals surface area contributed by atoms with Crippen LogP contribution in [0.15, 0.2) is 22.7 Å². The van der Waals surface area contributed by atoms with Crippen LogP contribution in [-0.2, 0) is 6.54 Å². The summed E-state index contributed by atoms with van der Waals surface area (Å²) in [7, 11) is 0. The quantitative estimate of drug-likeness (QED) is 0.742. The highest BCUT2D eigenvalue weighted by Gasteiger charge is 2.06. The van der Waals surface area contributed by atoms with Crippen molar-refractivity contribution in [3.63, 3.8) is 0 Å². The molecule has 0 aliphatic heterocycles. The van der Waals surface area contributed by atoms with Crippen molar-refractivity contribution in [2.45, 2.75) is 46.1 Å². The smallest absolute Gasteiger partial charge is 0.120 e. The highest BCUT2D eigenvalue weighted by atomic mass is 79.9. The molecule has 102 valence electrons. The number of nitrogens with one attached hydrogen (secondary N) is 1. The summed E-state index contributed by atoms with van der Waals surface area (Å²) < 4.78 is 1.01. The molecule has 0 aliphatic carbocycles. The van der Waals surface area contributed by atoms with Gasteiger partial charge in [0.15, 0.2) is 0 Å². The number of phenolic OH excluding ortho intramolecular Hbond substituents is 1. The van der Waals surface area contributed by atoms with Gasteiger partial charge in [-0.3, -0.25) is 0 Å². The van der Waals surface area contributed by atoms with Crippen molar-refractivity contribution in [3.05, 3.63) is 28.2 Å². The van der Waals surface area contributed by atoms with E-state index in [4.69, 9.17) is 0 Å². The summed E-state index contributed by atoms with van der Waals surface area (Å²) >= 11 is 3.43. The van der Waals surface area contributed by atoms with Gasteiger partial charge in [-0.1, -0.05) is 49.0 Å². The third-order valence-electron chi connectivity index (χ3n) is 3.33. The van der Waals surface area contributed by atoms with Gasteiger partial charge in [-0.25, -0.2) is 0 Å². The highest BCUT2D eigenvalue weighted by Crippen LogP contribution is 2.21. The number of hydrogen-bond donors (Lipinski definition) is 2. The maximum Gasteiger partial charge on any atom is 0.120 e. The normalized spacial score (nSPS) is 12.6. The molecule has 0 radical (unpaired) electrons. The summed E-state index contributed by atoms with van der Waals surface area (Å²) in [6.45, 7) is 6.24. The Kier molecular flexibility index (Phi) is 7.36. The first kappa shape index (κ1) is 15.5. The van der Waals surface area contributed by atoms with Gasteiger partial charge in [0, 0.05) is 16.6 Å². The molecule has 1 unspecified atom stereocenters. The van der Waals surface area contributed by atoms with Crippen molar-refractivity contribution in [2.24, 2.45) is 5.92 Å². The van der Waals surface area contributed by atoms with Crippen LogP contribution < -0.4 is 5.32 Å². The Balaban J connectivity index is 2.37. The van der Waals surface area contributed by atoms with Crippen molar-refractivity contribution < 1.29 is 5.11 Å². The molecule has 1 rings (SSSR count). The van der Waals surface area contributed by atoms with Gasteiger partial charge >= 0.3 is 0 Å². The van der Waals surface area contributed by atoms with Gasteiger partial charge in [0.1, 0.15) is 5.75 Å². The van der Waals surface area contributed by atoms with Crippen molar-refractivity contribution >= 4 is 15.9 Å². The molecular formula is C15H24BrNO. The van der Waals surface area contributed by atoms with Gasteiger partial charge < -0.3 is 10.4 Å². The fourth-order valence-corrected chi connectivity index (χ4v) is 2.46. The monoisotopic (exact) mass is 313 g/mol. The Bertz CT molecular complexity index is 354. The Hall–Kier alpha value is -0.540. The number of hydrogen-bond acceptors (Lipinski definition) is 2. The van der Waals surface area contributed by atoms with Crippen LogP contribution in [0.25, 0.3) is 0 Å². The van der Waals surface area contributed by atoms with E-state index in [0.717, 1.165) is 29.0 Å². The topological polar surface area (TPSA) is 32.3 Å². The number of unbranched alkanes of at least 4 members (excludes halogenated alkanes) is 1. The lowest BCUT2D eigenvalue weighted by atomic mass is 9.99. The van der Waals surface area contributed by atoms with E-state index in [2.05, 4.69) is 35.1 Å². The van der Waals surface area contributed by atoms with Crippen LogP contribution in [0.4, 0.5) is 0 Å². The zero-order valence-corrected chi connectivity index (χ0v) is 13.0. The molecule has 0 saturated heterocycles. The predicted octanol–water partition coefficient (Wildman–Crippen LogP) is 4.46. The maximum atomic E-state index is 9.74. The fraction of sp³-hybridized carbons (Fsp3) is 0.600. The van der Waals surface area contributed by atoms with E-state index in [1.165, 1.54) is 25.7 Å². The van der Waals surface area contributed by atoms with E-state index in [-0.39, 0.29) is 0 Å². The van der Waals surface area contributed by atoms with Gasteiger partial charge in [0.2, 0.25) is 0 Å². The Morgan fingerprint density at radius 3 is 2.78 bits per heavy atom. The molecule has 1 aromatic carbocycles. The van der Waals surface area contributed by atoms with E-state index in [1.807, 2.05) is 12.1 Å². The molecule has 2 N–H and O–H groups in total. The average molecular weight is 314 g/mol. The molecule has 1 aromatic rings. The third-order valence-corrected chi connectivity index (χ3v) is 3.83. The standard InChI is InChI=1S/C15H24BrNO/c1-3-5-6-12(4-2)10-17-11-13-9-14(16)7-8-15(13)18/h7-9,12,17-18H,3-6,10-11H2,1-2H3.